The highest BCUT2D eigenvalue weighted by atomic mass is 16.2. The van der Waals surface area contributed by atoms with Crippen LogP contribution in [0.5, 0.6) is 0 Å². The second-order valence-electron chi connectivity index (χ2n) is 6.04. The lowest BCUT2D eigenvalue weighted by molar-refractivity contribution is 0.0923. The van der Waals surface area contributed by atoms with Gasteiger partial charge in [0.25, 0.3) is 11.8 Å². The third-order valence-corrected chi connectivity index (χ3v) is 3.47. The van der Waals surface area contributed by atoms with Gasteiger partial charge in [-0.05, 0) is 46.8 Å². The van der Waals surface area contributed by atoms with Gasteiger partial charge in [0.15, 0.2) is 11.4 Å². The molecule has 1 heterocycles. The van der Waals surface area contributed by atoms with Gasteiger partial charge < -0.3 is 10.6 Å². The number of carbonyl (C=O) groups excluding carboxylic acids is 2. The SMILES string of the molecule is Cc1ccc(NC(=O)c2nc(C)c(C)nc2C(=O)NC(C)C)cc1. The van der Waals surface area contributed by atoms with E-state index < -0.39 is 11.8 Å². The summed E-state index contributed by atoms with van der Waals surface area (Å²) in [5, 5.41) is 5.51. The highest BCUT2D eigenvalue weighted by molar-refractivity contribution is 6.10. The first-order chi connectivity index (χ1) is 11.3. The van der Waals surface area contributed by atoms with Gasteiger partial charge in [-0.3, -0.25) is 9.59 Å². The highest BCUT2D eigenvalue weighted by Crippen LogP contribution is 2.13. The fraction of sp³-hybridized carbons (Fsp3) is 0.333. The molecule has 0 saturated carbocycles. The van der Waals surface area contributed by atoms with Crippen LogP contribution in [0, 0.1) is 20.8 Å². The van der Waals surface area contributed by atoms with Crippen LogP contribution >= 0.6 is 0 Å². The third-order valence-electron chi connectivity index (χ3n) is 3.47. The van der Waals surface area contributed by atoms with Crippen molar-refractivity contribution in [2.45, 2.75) is 40.7 Å². The Morgan fingerprint density at radius 2 is 1.38 bits per heavy atom. The van der Waals surface area contributed by atoms with E-state index in [1.165, 1.54) is 0 Å². The molecule has 0 unspecified atom stereocenters. The summed E-state index contributed by atoms with van der Waals surface area (Å²) in [4.78, 5) is 33.5. The molecule has 0 aliphatic heterocycles. The number of aromatic nitrogens is 2. The average molecular weight is 326 g/mol. The topological polar surface area (TPSA) is 84.0 Å². The molecule has 0 fully saturated rings. The maximum atomic E-state index is 12.6. The van der Waals surface area contributed by atoms with Gasteiger partial charge in [0.2, 0.25) is 0 Å². The minimum absolute atomic E-state index is 0.0248. The smallest absolute Gasteiger partial charge is 0.276 e. The highest BCUT2D eigenvalue weighted by Gasteiger charge is 2.22. The predicted octanol–water partition coefficient (Wildman–Crippen LogP) is 2.79. The lowest BCUT2D eigenvalue weighted by Gasteiger charge is -2.13. The van der Waals surface area contributed by atoms with Crippen LogP contribution < -0.4 is 10.6 Å². The number of anilines is 1. The molecular formula is C18H22N4O2. The number of benzene rings is 1. The lowest BCUT2D eigenvalue weighted by atomic mass is 10.2. The van der Waals surface area contributed by atoms with E-state index in [1.54, 1.807) is 26.0 Å². The second-order valence-corrected chi connectivity index (χ2v) is 6.04. The average Bonchev–Trinajstić information content (AvgIpc) is 2.51. The summed E-state index contributed by atoms with van der Waals surface area (Å²) in [5.74, 6) is -0.863. The molecule has 24 heavy (non-hydrogen) atoms. The first-order valence-electron chi connectivity index (χ1n) is 7.82. The Bertz CT molecular complexity index is 767. The molecule has 126 valence electrons. The number of rotatable bonds is 4. The van der Waals surface area contributed by atoms with Crippen LogP contribution in [0.3, 0.4) is 0 Å². The van der Waals surface area contributed by atoms with E-state index in [2.05, 4.69) is 20.6 Å². The summed E-state index contributed by atoms with van der Waals surface area (Å²) in [6, 6.07) is 7.33. The van der Waals surface area contributed by atoms with Crippen LogP contribution in [0.25, 0.3) is 0 Å². The molecule has 6 heteroatoms. The van der Waals surface area contributed by atoms with E-state index in [0.29, 0.717) is 17.1 Å². The Hall–Kier alpha value is -2.76. The maximum absolute atomic E-state index is 12.6. The standard InChI is InChI=1S/C18H22N4O2/c1-10(2)19-17(23)15-16(21-13(5)12(4)20-15)18(24)22-14-8-6-11(3)7-9-14/h6-10H,1-5H3,(H,19,23)(H,22,24). The lowest BCUT2D eigenvalue weighted by Crippen LogP contribution is -2.33. The second kappa shape index (κ2) is 7.21. The zero-order chi connectivity index (χ0) is 17.9. The third kappa shape index (κ3) is 4.16. The molecule has 2 amide bonds. The normalized spacial score (nSPS) is 10.6. The molecule has 0 spiro atoms. The number of carbonyl (C=O) groups is 2. The summed E-state index contributed by atoms with van der Waals surface area (Å²) in [7, 11) is 0. The Balaban J connectivity index is 2.36. The zero-order valence-electron chi connectivity index (χ0n) is 14.6. The van der Waals surface area contributed by atoms with Gasteiger partial charge in [-0.2, -0.15) is 0 Å². The van der Waals surface area contributed by atoms with Crippen molar-refractivity contribution in [3.05, 3.63) is 52.6 Å². The monoisotopic (exact) mass is 326 g/mol. The number of nitrogens with one attached hydrogen (secondary N) is 2. The minimum Gasteiger partial charge on any atom is -0.348 e. The van der Waals surface area contributed by atoms with Crippen LogP contribution in [0.4, 0.5) is 5.69 Å². The quantitative estimate of drug-likeness (QED) is 0.905. The van der Waals surface area contributed by atoms with Gasteiger partial charge in [-0.25, -0.2) is 9.97 Å². The molecule has 1 aromatic carbocycles. The van der Waals surface area contributed by atoms with Gasteiger partial charge >= 0.3 is 0 Å². The number of aryl methyl sites for hydroxylation is 3. The molecule has 0 saturated heterocycles. The van der Waals surface area contributed by atoms with Crippen molar-refractivity contribution < 1.29 is 9.59 Å². The van der Waals surface area contributed by atoms with Crippen molar-refractivity contribution in [2.24, 2.45) is 0 Å². The molecule has 1 aromatic heterocycles. The van der Waals surface area contributed by atoms with E-state index in [9.17, 15) is 9.59 Å². The molecule has 2 rings (SSSR count). The minimum atomic E-state index is -0.455. The van der Waals surface area contributed by atoms with Gasteiger partial charge in [-0.15, -0.1) is 0 Å². The molecule has 6 nitrogen and oxygen atoms in total. The first-order valence-corrected chi connectivity index (χ1v) is 7.82. The van der Waals surface area contributed by atoms with E-state index in [0.717, 1.165) is 5.56 Å². The maximum Gasteiger partial charge on any atom is 0.276 e. The molecule has 0 aliphatic rings. The van der Waals surface area contributed by atoms with Gasteiger partial charge in [0.1, 0.15) is 0 Å². The fourth-order valence-electron chi connectivity index (χ4n) is 2.08. The van der Waals surface area contributed by atoms with Crippen molar-refractivity contribution in [1.82, 2.24) is 15.3 Å². The van der Waals surface area contributed by atoms with E-state index >= 15 is 0 Å². The van der Waals surface area contributed by atoms with Crippen LogP contribution in [0.1, 0.15) is 51.8 Å². The zero-order valence-corrected chi connectivity index (χ0v) is 14.6. The summed E-state index contributed by atoms with van der Waals surface area (Å²) >= 11 is 0. The Morgan fingerprint density at radius 3 is 1.88 bits per heavy atom. The number of hydrogen-bond donors (Lipinski definition) is 2. The summed E-state index contributed by atoms with van der Waals surface area (Å²) in [6.45, 7) is 9.18. The van der Waals surface area contributed by atoms with E-state index in [4.69, 9.17) is 0 Å². The van der Waals surface area contributed by atoms with Gasteiger partial charge in [0, 0.05) is 11.7 Å². The largest absolute Gasteiger partial charge is 0.348 e. The van der Waals surface area contributed by atoms with Gasteiger partial charge in [-0.1, -0.05) is 17.7 Å². The molecule has 0 radical (unpaired) electrons. The van der Waals surface area contributed by atoms with Crippen molar-refractivity contribution in [2.75, 3.05) is 5.32 Å². The van der Waals surface area contributed by atoms with Crippen LogP contribution in [-0.4, -0.2) is 27.8 Å². The number of hydrogen-bond acceptors (Lipinski definition) is 4. The molecule has 0 bridgehead atoms. The van der Waals surface area contributed by atoms with E-state index in [-0.39, 0.29) is 17.4 Å². The fourth-order valence-corrected chi connectivity index (χ4v) is 2.08. The van der Waals surface area contributed by atoms with Gasteiger partial charge in [0.05, 0.1) is 11.4 Å². The van der Waals surface area contributed by atoms with Crippen molar-refractivity contribution in [1.29, 1.82) is 0 Å². The molecule has 0 atom stereocenters. The molecule has 2 N–H and O–H groups in total. The van der Waals surface area contributed by atoms with Crippen molar-refractivity contribution >= 4 is 17.5 Å². The van der Waals surface area contributed by atoms with Crippen LogP contribution in [0.2, 0.25) is 0 Å². The Labute approximate surface area is 141 Å². The molecular weight excluding hydrogens is 304 g/mol. The van der Waals surface area contributed by atoms with Crippen LogP contribution in [-0.2, 0) is 0 Å². The summed E-state index contributed by atoms with van der Waals surface area (Å²) in [5.41, 5.74) is 3.03. The van der Waals surface area contributed by atoms with Crippen molar-refractivity contribution in [3.63, 3.8) is 0 Å². The van der Waals surface area contributed by atoms with Crippen LogP contribution in [0.15, 0.2) is 24.3 Å². The number of amides is 2. The first kappa shape index (κ1) is 17.6. The van der Waals surface area contributed by atoms with Crippen molar-refractivity contribution in [3.8, 4) is 0 Å². The predicted molar refractivity (Wildman–Crippen MR) is 93.2 cm³/mol. The number of nitrogens with zero attached hydrogens (tertiary/aromatic N) is 2. The molecule has 0 aliphatic carbocycles. The van der Waals surface area contributed by atoms with E-state index in [1.807, 2.05) is 32.9 Å². The summed E-state index contributed by atoms with van der Waals surface area (Å²) < 4.78 is 0. The summed E-state index contributed by atoms with van der Waals surface area (Å²) in [6.07, 6.45) is 0. The Kier molecular flexibility index (Phi) is 5.28. The molecule has 2 aromatic rings. The Morgan fingerprint density at radius 1 is 0.875 bits per heavy atom.